The molecule has 5 rings (SSSR count). The second-order valence-corrected chi connectivity index (χ2v) is 6.40. The Balaban J connectivity index is 1.64. The van der Waals surface area contributed by atoms with Crippen molar-refractivity contribution >= 4 is 17.3 Å². The van der Waals surface area contributed by atoms with Crippen LogP contribution in [0.3, 0.4) is 0 Å². The van der Waals surface area contributed by atoms with E-state index >= 15 is 0 Å². The Kier molecular flexibility index (Phi) is 3.43. The standard InChI is InChI=1S/C21H16N2O4/c24-15-8-6-14(7-9-15)23-20(13-5-10-18-19(11-13)27-12-26-18)22-17-4-2-1-3-16(17)21(23)25/h1-11,20,22,24H,12H2/t20-/m1/s1. The molecule has 27 heavy (non-hydrogen) atoms. The number of carbonyl (C=O) groups excluding carboxylic acids is 1. The zero-order chi connectivity index (χ0) is 18.4. The third-order valence-corrected chi connectivity index (χ3v) is 4.77. The van der Waals surface area contributed by atoms with E-state index < -0.39 is 6.17 Å². The minimum atomic E-state index is -0.425. The third-order valence-electron chi connectivity index (χ3n) is 4.77. The summed E-state index contributed by atoms with van der Waals surface area (Å²) < 4.78 is 10.9. The maximum Gasteiger partial charge on any atom is 0.262 e. The molecule has 0 fully saturated rings. The first-order valence-corrected chi connectivity index (χ1v) is 8.58. The first-order valence-electron chi connectivity index (χ1n) is 8.58. The quantitative estimate of drug-likeness (QED) is 0.725. The lowest BCUT2D eigenvalue weighted by Gasteiger charge is -2.38. The van der Waals surface area contributed by atoms with E-state index in [4.69, 9.17) is 9.47 Å². The summed E-state index contributed by atoms with van der Waals surface area (Å²) in [6.45, 7) is 0.195. The van der Waals surface area contributed by atoms with Crippen molar-refractivity contribution in [3.05, 3.63) is 77.9 Å². The molecule has 2 aliphatic heterocycles. The predicted molar refractivity (Wildman–Crippen MR) is 100 cm³/mol. The van der Waals surface area contributed by atoms with Crippen molar-refractivity contribution in [1.82, 2.24) is 0 Å². The van der Waals surface area contributed by atoms with Gasteiger partial charge in [0.05, 0.1) is 5.56 Å². The lowest BCUT2D eigenvalue weighted by Crippen LogP contribution is -2.43. The van der Waals surface area contributed by atoms with Crippen LogP contribution in [0.2, 0.25) is 0 Å². The second kappa shape index (κ2) is 5.95. The minimum Gasteiger partial charge on any atom is -0.508 e. The summed E-state index contributed by atoms with van der Waals surface area (Å²) in [4.78, 5) is 15.0. The molecule has 2 N–H and O–H groups in total. The molecule has 0 spiro atoms. The Morgan fingerprint density at radius 1 is 0.963 bits per heavy atom. The van der Waals surface area contributed by atoms with Gasteiger partial charge in [0.1, 0.15) is 11.9 Å². The van der Waals surface area contributed by atoms with Gasteiger partial charge in [0.25, 0.3) is 5.91 Å². The highest BCUT2D eigenvalue weighted by atomic mass is 16.7. The van der Waals surface area contributed by atoms with Gasteiger partial charge >= 0.3 is 0 Å². The van der Waals surface area contributed by atoms with Gasteiger partial charge in [0.15, 0.2) is 11.5 Å². The summed E-state index contributed by atoms with van der Waals surface area (Å²) in [7, 11) is 0. The minimum absolute atomic E-state index is 0.113. The van der Waals surface area contributed by atoms with Gasteiger partial charge < -0.3 is 19.9 Å². The van der Waals surface area contributed by atoms with Gasteiger partial charge in [-0.2, -0.15) is 0 Å². The summed E-state index contributed by atoms with van der Waals surface area (Å²) in [6, 6.07) is 19.7. The maximum atomic E-state index is 13.3. The van der Waals surface area contributed by atoms with Crippen molar-refractivity contribution in [3.8, 4) is 17.2 Å². The van der Waals surface area contributed by atoms with Crippen molar-refractivity contribution < 1.29 is 19.4 Å². The van der Waals surface area contributed by atoms with Gasteiger partial charge in [-0.15, -0.1) is 0 Å². The van der Waals surface area contributed by atoms with Gasteiger partial charge in [0, 0.05) is 11.4 Å². The Morgan fingerprint density at radius 3 is 2.59 bits per heavy atom. The number of hydrogen-bond acceptors (Lipinski definition) is 5. The Labute approximate surface area is 155 Å². The zero-order valence-corrected chi connectivity index (χ0v) is 14.3. The second-order valence-electron chi connectivity index (χ2n) is 6.40. The van der Waals surface area contributed by atoms with Crippen molar-refractivity contribution in [3.63, 3.8) is 0 Å². The van der Waals surface area contributed by atoms with Crippen molar-refractivity contribution in [1.29, 1.82) is 0 Å². The summed E-state index contributed by atoms with van der Waals surface area (Å²) in [6.07, 6.45) is -0.425. The highest BCUT2D eigenvalue weighted by Gasteiger charge is 2.34. The maximum absolute atomic E-state index is 13.3. The fraction of sp³-hybridized carbons (Fsp3) is 0.0952. The van der Waals surface area contributed by atoms with Crippen LogP contribution < -0.4 is 19.7 Å². The van der Waals surface area contributed by atoms with Crippen LogP contribution in [0.1, 0.15) is 22.1 Å². The average Bonchev–Trinajstić information content (AvgIpc) is 3.17. The molecule has 0 aromatic heterocycles. The summed E-state index contributed by atoms with van der Waals surface area (Å²) in [5.74, 6) is 1.39. The number of phenolic OH excluding ortho intramolecular Hbond substituents is 1. The molecule has 2 aliphatic rings. The fourth-order valence-electron chi connectivity index (χ4n) is 3.45. The van der Waals surface area contributed by atoms with E-state index in [1.54, 1.807) is 35.2 Å². The number of aromatic hydroxyl groups is 1. The normalized spacial score (nSPS) is 17.4. The smallest absolute Gasteiger partial charge is 0.262 e. The van der Waals surface area contributed by atoms with E-state index in [1.807, 2.05) is 36.4 Å². The van der Waals surface area contributed by atoms with Crippen LogP contribution in [0.5, 0.6) is 17.2 Å². The molecule has 1 atom stereocenters. The first-order chi connectivity index (χ1) is 13.2. The molecule has 3 aromatic rings. The van der Waals surface area contributed by atoms with Crippen LogP contribution >= 0.6 is 0 Å². The lowest BCUT2D eigenvalue weighted by atomic mass is 10.0. The molecule has 134 valence electrons. The van der Waals surface area contributed by atoms with Gasteiger partial charge in [0.2, 0.25) is 6.79 Å². The summed E-state index contributed by atoms with van der Waals surface area (Å²) in [5, 5.41) is 13.1. The number of nitrogens with zero attached hydrogens (tertiary/aromatic N) is 1. The first kappa shape index (κ1) is 15.6. The SMILES string of the molecule is O=C1c2ccccc2N[C@@H](c2ccc3c(c2)OCO3)N1c1ccc(O)cc1. The molecular formula is C21H16N2O4. The number of amides is 1. The number of benzene rings is 3. The van der Waals surface area contributed by atoms with E-state index in [0.717, 1.165) is 11.3 Å². The molecule has 0 bridgehead atoms. The Hall–Kier alpha value is -3.67. The molecule has 1 amide bonds. The van der Waals surface area contributed by atoms with E-state index in [0.29, 0.717) is 22.7 Å². The zero-order valence-electron chi connectivity index (χ0n) is 14.3. The molecule has 6 nitrogen and oxygen atoms in total. The van der Waals surface area contributed by atoms with Gasteiger partial charge in [-0.1, -0.05) is 18.2 Å². The summed E-state index contributed by atoms with van der Waals surface area (Å²) >= 11 is 0. The van der Waals surface area contributed by atoms with E-state index in [9.17, 15) is 9.90 Å². The van der Waals surface area contributed by atoms with Gasteiger partial charge in [-0.3, -0.25) is 9.69 Å². The molecule has 0 unspecified atom stereocenters. The predicted octanol–water partition coefficient (Wildman–Crippen LogP) is 3.89. The largest absolute Gasteiger partial charge is 0.508 e. The van der Waals surface area contributed by atoms with Gasteiger partial charge in [-0.05, 0) is 54.1 Å². The van der Waals surface area contributed by atoms with E-state index in [2.05, 4.69) is 5.32 Å². The number of ether oxygens (including phenoxy) is 2. The van der Waals surface area contributed by atoms with Crippen LogP contribution in [0, 0.1) is 0 Å². The molecular weight excluding hydrogens is 344 g/mol. The van der Waals surface area contributed by atoms with Crippen LogP contribution in [-0.2, 0) is 0 Å². The van der Waals surface area contributed by atoms with E-state index in [-0.39, 0.29) is 18.4 Å². The topological polar surface area (TPSA) is 71.0 Å². The van der Waals surface area contributed by atoms with Crippen molar-refractivity contribution in [2.75, 3.05) is 17.0 Å². The van der Waals surface area contributed by atoms with Crippen LogP contribution in [0.4, 0.5) is 11.4 Å². The third kappa shape index (κ3) is 2.54. The number of para-hydroxylation sites is 1. The van der Waals surface area contributed by atoms with E-state index in [1.165, 1.54) is 0 Å². The number of carbonyl (C=O) groups is 1. The highest BCUT2D eigenvalue weighted by Crippen LogP contribution is 2.40. The molecule has 0 radical (unpaired) electrons. The molecule has 0 saturated heterocycles. The van der Waals surface area contributed by atoms with Crippen LogP contribution in [-0.4, -0.2) is 17.8 Å². The fourth-order valence-corrected chi connectivity index (χ4v) is 3.45. The molecule has 3 aromatic carbocycles. The number of rotatable bonds is 2. The van der Waals surface area contributed by atoms with Crippen LogP contribution in [0.15, 0.2) is 66.7 Å². The Bertz CT molecular complexity index is 1030. The number of fused-ring (bicyclic) bond motifs is 2. The van der Waals surface area contributed by atoms with Gasteiger partial charge in [-0.25, -0.2) is 0 Å². The average molecular weight is 360 g/mol. The Morgan fingerprint density at radius 2 is 1.74 bits per heavy atom. The lowest BCUT2D eigenvalue weighted by molar-refractivity contribution is 0.0974. The number of phenols is 1. The summed E-state index contributed by atoms with van der Waals surface area (Å²) in [5.41, 5.74) is 2.93. The highest BCUT2D eigenvalue weighted by molar-refractivity contribution is 6.12. The number of anilines is 2. The molecule has 6 heteroatoms. The van der Waals surface area contributed by atoms with Crippen molar-refractivity contribution in [2.24, 2.45) is 0 Å². The van der Waals surface area contributed by atoms with Crippen LogP contribution in [0.25, 0.3) is 0 Å². The molecule has 0 saturated carbocycles. The monoisotopic (exact) mass is 360 g/mol. The van der Waals surface area contributed by atoms with Crippen molar-refractivity contribution in [2.45, 2.75) is 6.17 Å². The molecule has 0 aliphatic carbocycles. The number of hydrogen-bond donors (Lipinski definition) is 2. The number of nitrogens with one attached hydrogen (secondary N) is 1. The molecule has 2 heterocycles.